The number of unbranched alkanes of at least 4 members (excludes halogenated alkanes) is 1. The van der Waals surface area contributed by atoms with Crippen LogP contribution in [0.15, 0.2) is 0 Å². The van der Waals surface area contributed by atoms with Crippen molar-refractivity contribution in [3.05, 3.63) is 0 Å². The number of aliphatic hydroxyl groups excluding tert-OH is 1. The summed E-state index contributed by atoms with van der Waals surface area (Å²) < 4.78 is 26.6. The third-order valence-corrected chi connectivity index (χ3v) is 5.10. The maximum atomic E-state index is 11.9. The number of hydrogen-bond acceptors (Lipinski definition) is 3. The second-order valence-electron chi connectivity index (χ2n) is 5.41. The van der Waals surface area contributed by atoms with Gasteiger partial charge in [-0.2, -0.15) is 0 Å². The Bertz CT molecular complexity index is 329. The van der Waals surface area contributed by atoms with E-state index in [1.807, 2.05) is 6.92 Å². The summed E-state index contributed by atoms with van der Waals surface area (Å²) in [6.07, 6.45) is 5.14. The molecule has 0 aliphatic heterocycles. The van der Waals surface area contributed by atoms with E-state index in [1.165, 1.54) is 0 Å². The second kappa shape index (κ2) is 6.16. The van der Waals surface area contributed by atoms with Crippen molar-refractivity contribution in [2.24, 2.45) is 5.92 Å². The van der Waals surface area contributed by atoms with E-state index >= 15 is 0 Å². The van der Waals surface area contributed by atoms with Crippen molar-refractivity contribution in [1.82, 2.24) is 4.72 Å². The Hall–Kier alpha value is -0.130. The van der Waals surface area contributed by atoms with E-state index in [1.54, 1.807) is 0 Å². The maximum absolute atomic E-state index is 11.9. The summed E-state index contributed by atoms with van der Waals surface area (Å²) in [6, 6.07) is 0. The van der Waals surface area contributed by atoms with Crippen molar-refractivity contribution >= 4 is 10.0 Å². The fraction of sp³-hybridized carbons (Fsp3) is 1.00. The molecular weight excluding hydrogens is 238 g/mol. The average Bonchev–Trinajstić information content (AvgIpc) is 2.26. The van der Waals surface area contributed by atoms with Crippen molar-refractivity contribution in [2.45, 2.75) is 57.9 Å². The second-order valence-corrected chi connectivity index (χ2v) is 7.26. The Morgan fingerprint density at radius 2 is 2.18 bits per heavy atom. The van der Waals surface area contributed by atoms with Crippen molar-refractivity contribution in [2.75, 3.05) is 12.4 Å². The molecular formula is C12H25NO3S. The first kappa shape index (κ1) is 14.9. The monoisotopic (exact) mass is 263 g/mol. The average molecular weight is 263 g/mol. The molecule has 1 aliphatic rings. The predicted molar refractivity (Wildman–Crippen MR) is 69.3 cm³/mol. The molecule has 0 radical (unpaired) electrons. The first-order chi connectivity index (χ1) is 7.93. The Morgan fingerprint density at radius 1 is 1.47 bits per heavy atom. The van der Waals surface area contributed by atoms with Gasteiger partial charge in [0.15, 0.2) is 0 Å². The zero-order chi connectivity index (χ0) is 12.9. The first-order valence-corrected chi connectivity index (χ1v) is 8.21. The lowest BCUT2D eigenvalue weighted by molar-refractivity contribution is 0.119. The molecule has 0 aromatic heterocycles. The highest BCUT2D eigenvalue weighted by Crippen LogP contribution is 2.32. The van der Waals surface area contributed by atoms with Crippen LogP contribution in [-0.2, 0) is 10.0 Å². The molecule has 2 atom stereocenters. The van der Waals surface area contributed by atoms with Crippen LogP contribution in [0.2, 0.25) is 0 Å². The third-order valence-electron chi connectivity index (χ3n) is 3.53. The molecule has 0 spiro atoms. The smallest absolute Gasteiger partial charge is 0.212 e. The molecule has 0 aromatic rings. The van der Waals surface area contributed by atoms with Crippen LogP contribution in [0.4, 0.5) is 0 Å². The van der Waals surface area contributed by atoms with Gasteiger partial charge in [0.05, 0.1) is 17.9 Å². The number of nitrogens with one attached hydrogen (secondary N) is 1. The zero-order valence-electron chi connectivity index (χ0n) is 10.9. The quantitative estimate of drug-likeness (QED) is 0.765. The summed E-state index contributed by atoms with van der Waals surface area (Å²) in [4.78, 5) is 0. The van der Waals surface area contributed by atoms with Gasteiger partial charge in [0.2, 0.25) is 10.0 Å². The van der Waals surface area contributed by atoms with E-state index in [9.17, 15) is 13.5 Å². The predicted octanol–water partition coefficient (Wildman–Crippen LogP) is 1.65. The highest BCUT2D eigenvalue weighted by atomic mass is 32.2. The highest BCUT2D eigenvalue weighted by Gasteiger charge is 2.37. The Morgan fingerprint density at radius 3 is 2.71 bits per heavy atom. The Kier molecular flexibility index (Phi) is 5.41. The Balaban J connectivity index is 2.68. The minimum atomic E-state index is -3.25. The molecule has 2 N–H and O–H groups in total. The highest BCUT2D eigenvalue weighted by molar-refractivity contribution is 7.89. The van der Waals surface area contributed by atoms with Gasteiger partial charge in [0.1, 0.15) is 0 Å². The molecule has 17 heavy (non-hydrogen) atoms. The van der Waals surface area contributed by atoms with Gasteiger partial charge in [0.25, 0.3) is 0 Å². The molecule has 0 heterocycles. The van der Waals surface area contributed by atoms with Crippen molar-refractivity contribution in [3.63, 3.8) is 0 Å². The normalized spacial score (nSPS) is 30.4. The molecule has 0 aromatic carbocycles. The summed E-state index contributed by atoms with van der Waals surface area (Å²) in [5.74, 6) is 0.643. The maximum Gasteiger partial charge on any atom is 0.212 e. The lowest BCUT2D eigenvalue weighted by Crippen LogP contribution is -2.54. The molecule has 102 valence electrons. The van der Waals surface area contributed by atoms with Crippen molar-refractivity contribution in [1.29, 1.82) is 0 Å². The van der Waals surface area contributed by atoms with Gasteiger partial charge in [-0.3, -0.25) is 0 Å². The third kappa shape index (κ3) is 4.56. The first-order valence-electron chi connectivity index (χ1n) is 6.55. The molecule has 1 aliphatic carbocycles. The minimum Gasteiger partial charge on any atom is -0.394 e. The lowest BCUT2D eigenvalue weighted by Gasteiger charge is -2.39. The number of rotatable bonds is 6. The zero-order valence-corrected chi connectivity index (χ0v) is 11.7. The number of sulfonamides is 1. The van der Waals surface area contributed by atoms with Crippen LogP contribution in [0.1, 0.15) is 52.4 Å². The fourth-order valence-corrected chi connectivity index (χ4v) is 4.32. The van der Waals surface area contributed by atoms with E-state index in [2.05, 4.69) is 11.6 Å². The minimum absolute atomic E-state index is 0.0945. The Labute approximate surface area is 105 Å². The SMILES string of the molecule is CCCCS(=O)(=O)NC1(CO)CCCC(C)C1. The van der Waals surface area contributed by atoms with Crippen LogP contribution in [0.25, 0.3) is 0 Å². The van der Waals surface area contributed by atoms with Crippen LogP contribution < -0.4 is 4.72 Å². The molecule has 1 rings (SSSR count). The van der Waals surface area contributed by atoms with Crippen LogP contribution >= 0.6 is 0 Å². The van der Waals surface area contributed by atoms with E-state index < -0.39 is 15.6 Å². The molecule has 1 saturated carbocycles. The summed E-state index contributed by atoms with van der Waals surface area (Å²) in [5, 5.41) is 9.52. The van der Waals surface area contributed by atoms with Crippen molar-refractivity contribution < 1.29 is 13.5 Å². The van der Waals surface area contributed by atoms with Crippen LogP contribution in [0, 0.1) is 5.92 Å². The van der Waals surface area contributed by atoms with Crippen LogP contribution in [0.5, 0.6) is 0 Å². The van der Waals surface area contributed by atoms with Gasteiger partial charge in [-0.05, 0) is 25.2 Å². The van der Waals surface area contributed by atoms with Gasteiger partial charge < -0.3 is 5.11 Å². The molecule has 0 bridgehead atoms. The van der Waals surface area contributed by atoms with E-state index in [4.69, 9.17) is 0 Å². The molecule has 1 fully saturated rings. The standard InChI is InChI=1S/C12H25NO3S/c1-3-4-8-17(15,16)13-12(10-14)7-5-6-11(2)9-12/h11,13-14H,3-10H2,1-2H3. The molecule has 4 nitrogen and oxygen atoms in total. The lowest BCUT2D eigenvalue weighted by atomic mass is 9.78. The topological polar surface area (TPSA) is 66.4 Å². The summed E-state index contributed by atoms with van der Waals surface area (Å²) >= 11 is 0. The number of aliphatic hydroxyl groups is 1. The van der Waals surface area contributed by atoms with Gasteiger partial charge in [0, 0.05) is 0 Å². The molecule has 5 heteroatoms. The van der Waals surface area contributed by atoms with Gasteiger partial charge in [-0.1, -0.05) is 33.1 Å². The van der Waals surface area contributed by atoms with Gasteiger partial charge in [-0.25, -0.2) is 13.1 Å². The van der Waals surface area contributed by atoms with E-state index in [-0.39, 0.29) is 12.4 Å². The van der Waals surface area contributed by atoms with Crippen LogP contribution in [-0.4, -0.2) is 31.4 Å². The summed E-state index contributed by atoms with van der Waals surface area (Å²) in [7, 11) is -3.25. The van der Waals surface area contributed by atoms with Crippen LogP contribution in [0.3, 0.4) is 0 Å². The molecule has 2 unspecified atom stereocenters. The number of hydrogen-bond donors (Lipinski definition) is 2. The molecule has 0 amide bonds. The summed E-state index contributed by atoms with van der Waals surface area (Å²) in [6.45, 7) is 3.99. The van der Waals surface area contributed by atoms with Gasteiger partial charge >= 0.3 is 0 Å². The van der Waals surface area contributed by atoms with Crippen molar-refractivity contribution in [3.8, 4) is 0 Å². The molecule has 0 saturated heterocycles. The van der Waals surface area contributed by atoms with E-state index in [0.29, 0.717) is 12.3 Å². The fourth-order valence-electron chi connectivity index (χ4n) is 2.64. The van der Waals surface area contributed by atoms with E-state index in [0.717, 1.165) is 32.1 Å². The van der Waals surface area contributed by atoms with Gasteiger partial charge in [-0.15, -0.1) is 0 Å². The largest absolute Gasteiger partial charge is 0.394 e. The summed E-state index contributed by atoms with van der Waals surface area (Å²) in [5.41, 5.74) is -0.607.